The summed E-state index contributed by atoms with van der Waals surface area (Å²) in [6.07, 6.45) is 3.26. The van der Waals surface area contributed by atoms with Gasteiger partial charge < -0.3 is 26.1 Å². The number of rotatable bonds is 13. The Balaban J connectivity index is 2.10. The Morgan fingerprint density at radius 3 is 2.31 bits per heavy atom. The van der Waals surface area contributed by atoms with Crippen molar-refractivity contribution in [3.05, 3.63) is 88.3 Å². The minimum absolute atomic E-state index is 0.0299. The number of nitrogens with one attached hydrogen (secondary N) is 2. The molecule has 11 nitrogen and oxygen atoms in total. The van der Waals surface area contributed by atoms with Crippen LogP contribution in [0.5, 0.6) is 0 Å². The van der Waals surface area contributed by atoms with Gasteiger partial charge in [0.2, 0.25) is 5.91 Å². The molecule has 0 aliphatic rings. The lowest BCUT2D eigenvalue weighted by Gasteiger charge is -2.30. The Morgan fingerprint density at radius 1 is 1.08 bits per heavy atom. The summed E-state index contributed by atoms with van der Waals surface area (Å²) in [6, 6.07) is 16.1. The molecular weight excluding hydrogens is 520 g/mol. The molecular formula is C27H32N6O5S. The van der Waals surface area contributed by atoms with Gasteiger partial charge in [0.05, 0.1) is 16.6 Å². The van der Waals surface area contributed by atoms with Gasteiger partial charge in [0.15, 0.2) is 5.96 Å². The molecule has 0 spiro atoms. The quantitative estimate of drug-likeness (QED) is 0.108. The molecule has 0 saturated heterocycles. The molecule has 6 N–H and O–H groups in total. The predicted octanol–water partition coefficient (Wildman–Crippen LogP) is 1.93. The van der Waals surface area contributed by atoms with Gasteiger partial charge in [-0.15, -0.1) is 0 Å². The van der Waals surface area contributed by atoms with Gasteiger partial charge >= 0.3 is 0 Å². The number of carbonyl (C=O) groups is 2. The molecule has 0 fully saturated rings. The third kappa shape index (κ3) is 7.77. The van der Waals surface area contributed by atoms with E-state index in [9.17, 15) is 22.8 Å². The predicted molar refractivity (Wildman–Crippen MR) is 151 cm³/mol. The van der Waals surface area contributed by atoms with Crippen LogP contribution in [0.4, 0.5) is 11.4 Å². The summed E-state index contributed by atoms with van der Waals surface area (Å²) in [6.45, 7) is 1.56. The maximum absolute atomic E-state index is 13.2. The Labute approximate surface area is 227 Å². The summed E-state index contributed by atoms with van der Waals surface area (Å²) >= 11 is 0. The SMILES string of the molecule is CC(=O)N(c1c[nH]c(=O)c(NS(=O)(=O)c2ccccc2)c1CCc1ccccc1)[C@H](C=O)CCCN=C(N)N. The number of nitrogens with two attached hydrogens (primary N) is 2. The first kappa shape index (κ1) is 29.1. The van der Waals surface area contributed by atoms with E-state index < -0.39 is 27.5 Å². The average molecular weight is 553 g/mol. The minimum Gasteiger partial charge on any atom is -0.370 e. The zero-order chi connectivity index (χ0) is 28.4. The summed E-state index contributed by atoms with van der Waals surface area (Å²) in [5.41, 5.74) is 11.3. The molecule has 3 rings (SSSR count). The smallest absolute Gasteiger partial charge is 0.272 e. The van der Waals surface area contributed by atoms with Crippen LogP contribution in [0.3, 0.4) is 0 Å². The van der Waals surface area contributed by atoms with Crippen molar-refractivity contribution in [3.8, 4) is 0 Å². The molecule has 1 aromatic heterocycles. The second-order valence-corrected chi connectivity index (χ2v) is 10.5. The summed E-state index contributed by atoms with van der Waals surface area (Å²) in [5, 5.41) is 0. The largest absolute Gasteiger partial charge is 0.370 e. The molecule has 12 heteroatoms. The molecule has 0 aliphatic carbocycles. The third-order valence-electron chi connectivity index (χ3n) is 6.01. The van der Waals surface area contributed by atoms with Crippen molar-refractivity contribution >= 4 is 39.6 Å². The van der Waals surface area contributed by atoms with Gasteiger partial charge in [-0.05, 0) is 43.4 Å². The van der Waals surface area contributed by atoms with Crippen LogP contribution in [0.15, 0.2) is 81.5 Å². The molecule has 1 atom stereocenters. The Bertz CT molecular complexity index is 1470. The lowest BCUT2D eigenvalue weighted by atomic mass is 10.0. The Morgan fingerprint density at radius 2 is 1.72 bits per heavy atom. The van der Waals surface area contributed by atoms with E-state index >= 15 is 0 Å². The molecule has 0 aliphatic heterocycles. The van der Waals surface area contributed by atoms with E-state index in [0.29, 0.717) is 19.1 Å². The second kappa shape index (κ2) is 13.4. The highest BCUT2D eigenvalue weighted by atomic mass is 32.2. The van der Waals surface area contributed by atoms with Crippen LogP contribution in [0.1, 0.15) is 30.9 Å². The highest BCUT2D eigenvalue weighted by Crippen LogP contribution is 2.30. The Kier molecular flexibility index (Phi) is 9.98. The monoisotopic (exact) mass is 552 g/mol. The first-order valence-electron chi connectivity index (χ1n) is 12.3. The molecule has 1 heterocycles. The topological polar surface area (TPSA) is 181 Å². The number of H-pyrrole nitrogens is 1. The number of aliphatic imine (C=N–C) groups is 1. The number of carbonyl (C=O) groups excluding carboxylic acids is 2. The fourth-order valence-corrected chi connectivity index (χ4v) is 5.31. The number of aryl methyl sites for hydroxylation is 1. The van der Waals surface area contributed by atoms with E-state index in [-0.39, 0.29) is 47.2 Å². The second-order valence-electron chi connectivity index (χ2n) is 8.80. The van der Waals surface area contributed by atoms with Crippen molar-refractivity contribution in [2.24, 2.45) is 16.5 Å². The van der Waals surface area contributed by atoms with Crippen molar-refractivity contribution in [1.29, 1.82) is 0 Å². The molecule has 0 saturated carbocycles. The van der Waals surface area contributed by atoms with Crippen LogP contribution >= 0.6 is 0 Å². The lowest BCUT2D eigenvalue weighted by molar-refractivity contribution is -0.119. The highest BCUT2D eigenvalue weighted by Gasteiger charge is 2.28. The summed E-state index contributed by atoms with van der Waals surface area (Å²) in [4.78, 5) is 45.7. The lowest BCUT2D eigenvalue weighted by Crippen LogP contribution is -2.41. The van der Waals surface area contributed by atoms with Crippen LogP contribution in [-0.2, 0) is 32.5 Å². The number of nitrogens with zero attached hydrogens (tertiary/aromatic N) is 2. The summed E-state index contributed by atoms with van der Waals surface area (Å²) in [7, 11) is -4.14. The van der Waals surface area contributed by atoms with Gasteiger partial charge in [-0.25, -0.2) is 8.42 Å². The number of anilines is 2. The van der Waals surface area contributed by atoms with Gasteiger partial charge in [-0.1, -0.05) is 48.5 Å². The minimum atomic E-state index is -4.14. The van der Waals surface area contributed by atoms with Gasteiger partial charge in [0.25, 0.3) is 15.6 Å². The zero-order valence-corrected chi connectivity index (χ0v) is 22.4. The van der Waals surface area contributed by atoms with E-state index in [2.05, 4.69) is 14.7 Å². The van der Waals surface area contributed by atoms with Gasteiger partial charge in [-0.3, -0.25) is 19.3 Å². The summed E-state index contributed by atoms with van der Waals surface area (Å²) in [5.74, 6) is -0.543. The van der Waals surface area contributed by atoms with E-state index in [1.165, 1.54) is 30.2 Å². The van der Waals surface area contributed by atoms with Crippen molar-refractivity contribution in [2.45, 2.75) is 43.5 Å². The van der Waals surface area contributed by atoms with Crippen LogP contribution < -0.4 is 26.6 Å². The number of sulfonamides is 1. The Hall–Kier alpha value is -4.45. The normalized spacial score (nSPS) is 11.8. The van der Waals surface area contributed by atoms with E-state index in [4.69, 9.17) is 11.5 Å². The van der Waals surface area contributed by atoms with Crippen molar-refractivity contribution < 1.29 is 18.0 Å². The molecule has 1 amide bonds. The molecule has 3 aromatic rings. The fourth-order valence-electron chi connectivity index (χ4n) is 4.19. The van der Waals surface area contributed by atoms with Crippen molar-refractivity contribution in [1.82, 2.24) is 4.98 Å². The molecule has 2 aromatic carbocycles. The number of guanidine groups is 1. The average Bonchev–Trinajstić information content (AvgIpc) is 2.92. The van der Waals surface area contributed by atoms with E-state index in [1.54, 1.807) is 18.2 Å². The first-order chi connectivity index (χ1) is 18.6. The van der Waals surface area contributed by atoms with Gasteiger partial charge in [-0.2, -0.15) is 0 Å². The molecule has 0 bridgehead atoms. The highest BCUT2D eigenvalue weighted by molar-refractivity contribution is 7.92. The maximum atomic E-state index is 13.2. The summed E-state index contributed by atoms with van der Waals surface area (Å²) < 4.78 is 28.8. The zero-order valence-electron chi connectivity index (χ0n) is 21.5. The molecule has 0 unspecified atom stereocenters. The number of pyridine rings is 1. The first-order valence-corrected chi connectivity index (χ1v) is 13.8. The van der Waals surface area contributed by atoms with Crippen LogP contribution in [0, 0.1) is 0 Å². The number of hydrogen-bond donors (Lipinski definition) is 4. The number of hydrogen-bond acceptors (Lipinski definition) is 6. The number of benzene rings is 2. The number of aromatic amines is 1. The number of aromatic nitrogens is 1. The van der Waals surface area contributed by atoms with Crippen LogP contribution in [0.25, 0.3) is 0 Å². The van der Waals surface area contributed by atoms with E-state index in [1.807, 2.05) is 30.3 Å². The van der Waals surface area contributed by atoms with Crippen LogP contribution in [-0.4, -0.2) is 44.1 Å². The van der Waals surface area contributed by atoms with Crippen molar-refractivity contribution in [2.75, 3.05) is 16.2 Å². The molecule has 206 valence electrons. The van der Waals surface area contributed by atoms with Gasteiger partial charge in [0.1, 0.15) is 12.0 Å². The number of amides is 1. The molecule has 0 radical (unpaired) electrons. The van der Waals surface area contributed by atoms with Crippen LogP contribution in [0.2, 0.25) is 0 Å². The standard InChI is InChI=1S/C27H32N6O5S/c1-19(35)33(21(18-34)11-8-16-30-27(28)29)24-17-31-26(36)25(23(24)15-14-20-9-4-2-5-10-20)32-39(37,38)22-12-6-3-7-13-22/h2-7,9-10,12-13,17-18,21,32H,8,11,14-16H2,1H3,(H,31,36)(H4,28,29,30)/t21-/m0/s1. The maximum Gasteiger partial charge on any atom is 0.272 e. The molecule has 39 heavy (non-hydrogen) atoms. The van der Waals surface area contributed by atoms with Crippen molar-refractivity contribution in [3.63, 3.8) is 0 Å². The third-order valence-corrected chi connectivity index (χ3v) is 7.38. The number of aldehydes is 1. The van der Waals surface area contributed by atoms with Gasteiger partial charge in [0, 0.05) is 25.2 Å². The van der Waals surface area contributed by atoms with E-state index in [0.717, 1.165) is 5.56 Å². The fraction of sp³-hybridized carbons (Fsp3) is 0.259.